The minimum Gasteiger partial charge on any atom is -0.870 e. The van der Waals surface area contributed by atoms with Crippen molar-refractivity contribution in [3.63, 3.8) is 0 Å². The maximum atomic E-state index is 9.00. The molecule has 11 heteroatoms. The molecule has 0 spiro atoms. The molecule has 0 saturated carbocycles. The summed E-state index contributed by atoms with van der Waals surface area (Å²) in [5.41, 5.74) is 0. The van der Waals surface area contributed by atoms with Crippen molar-refractivity contribution in [1.29, 1.82) is 0 Å². The second kappa shape index (κ2) is 18.8. The topological polar surface area (TPSA) is 212 Å². The molecule has 0 aliphatic heterocycles. The number of rotatable bonds is 0. The molecule has 0 rings (SSSR count). The third kappa shape index (κ3) is 1340. The average Bonchev–Trinajstić information content (AvgIpc) is 1.19. The zero-order chi connectivity index (χ0) is 8.08. The van der Waals surface area contributed by atoms with Gasteiger partial charge < -0.3 is 36.9 Å². The van der Waals surface area contributed by atoms with Gasteiger partial charge in [0.1, 0.15) is 0 Å². The van der Waals surface area contributed by atoms with Gasteiger partial charge in [-0.1, -0.05) is 0 Å². The van der Waals surface area contributed by atoms with Crippen LogP contribution in [0.3, 0.4) is 0 Å². The number of aliphatic carboxylic acids is 1. The van der Waals surface area contributed by atoms with E-state index in [4.69, 9.17) is 29.1 Å². The van der Waals surface area contributed by atoms with Crippen LogP contribution in [0.15, 0.2) is 0 Å². The zero-order valence-corrected chi connectivity index (χ0v) is 11.2. The van der Waals surface area contributed by atoms with Crippen molar-refractivity contribution < 1.29 is 91.5 Å². The normalized spacial score (nSPS) is 6.46. The van der Waals surface area contributed by atoms with Gasteiger partial charge in [-0.25, -0.2) is 4.57 Å². The van der Waals surface area contributed by atoms with E-state index in [9.17, 15) is 0 Å². The van der Waals surface area contributed by atoms with Gasteiger partial charge in [-0.2, -0.15) is 0 Å². The van der Waals surface area contributed by atoms with Crippen molar-refractivity contribution in [1.82, 2.24) is 6.15 Å². The van der Waals surface area contributed by atoms with E-state index < -0.39 is 13.8 Å². The summed E-state index contributed by atoms with van der Waals surface area (Å²) in [6, 6.07) is 0. The molecule has 0 heterocycles. The van der Waals surface area contributed by atoms with Gasteiger partial charge in [-0.05, 0) is 0 Å². The Bertz CT molecular complexity index is 122. The smallest absolute Gasteiger partial charge is 0.870 e. The maximum absolute atomic E-state index is 9.00. The minimum absolute atomic E-state index is 0. The molecule has 80 valence electrons. The first kappa shape index (κ1) is 36.9. The molecule has 0 aromatic carbocycles. The second-order valence-corrected chi connectivity index (χ2v) is 2.06. The summed E-state index contributed by atoms with van der Waals surface area (Å²) in [6.07, 6.45) is 0. The fourth-order valence-corrected chi connectivity index (χ4v) is 0. The third-order valence-corrected chi connectivity index (χ3v) is 0. The molecule has 0 unspecified atom stereocenters. The first-order valence-electron chi connectivity index (χ1n) is 1.71. The molecule has 0 amide bonds. The molecule has 0 fully saturated rings. The Balaban J connectivity index is -0.0000000146. The third-order valence-electron chi connectivity index (χ3n) is 0. The number of carboxylic acid groups (broad SMARTS) is 1. The Kier molecular flexibility index (Phi) is 53.3. The minimum atomic E-state index is -4.64. The predicted molar refractivity (Wildman–Crippen MR) is 38.1 cm³/mol. The summed E-state index contributed by atoms with van der Waals surface area (Å²) in [7, 11) is -4.64. The van der Waals surface area contributed by atoms with E-state index >= 15 is 0 Å². The van der Waals surface area contributed by atoms with Crippen LogP contribution in [0.4, 0.5) is 0 Å². The first-order chi connectivity index (χ1) is 3.73. The van der Waals surface area contributed by atoms with Crippen LogP contribution in [-0.2, 0) is 9.36 Å². The Hall–Kier alpha value is 1.10. The van der Waals surface area contributed by atoms with Crippen LogP contribution in [0.5, 0.6) is 0 Å². The van der Waals surface area contributed by atoms with E-state index in [1.165, 1.54) is 0 Å². The van der Waals surface area contributed by atoms with Gasteiger partial charge >= 0.3 is 59.2 Å². The fraction of sp³-hybridized carbons (Fsp3) is 0.500. The van der Waals surface area contributed by atoms with Gasteiger partial charge in [0.05, 0.1) is 0 Å². The summed E-state index contributed by atoms with van der Waals surface area (Å²) in [5, 5.41) is 7.42. The van der Waals surface area contributed by atoms with Crippen LogP contribution >= 0.6 is 7.82 Å². The van der Waals surface area contributed by atoms with E-state index in [2.05, 4.69) is 0 Å². The summed E-state index contributed by atoms with van der Waals surface area (Å²) in [5.74, 6) is -0.833. The molecule has 0 aromatic heterocycles. The molecule has 13 heavy (non-hydrogen) atoms. The van der Waals surface area contributed by atoms with E-state index in [-0.39, 0.29) is 68.5 Å². The van der Waals surface area contributed by atoms with E-state index in [0.717, 1.165) is 6.92 Å². The van der Waals surface area contributed by atoms with Gasteiger partial charge in [-0.15, -0.1) is 0 Å². The van der Waals surface area contributed by atoms with Crippen LogP contribution in [-0.4, -0.2) is 36.7 Å². The fourth-order valence-electron chi connectivity index (χ4n) is 0. The van der Waals surface area contributed by atoms with Crippen LogP contribution in [0.1, 0.15) is 6.92 Å². The molecule has 0 saturated heterocycles. The number of carbonyl (C=O) groups is 1. The first-order valence-corrected chi connectivity index (χ1v) is 3.28. The number of hydrogen-bond donors (Lipinski definition) is 5. The van der Waals surface area contributed by atoms with E-state index in [0.29, 0.717) is 0 Å². The van der Waals surface area contributed by atoms with Crippen molar-refractivity contribution >= 4 is 13.8 Å². The number of carboxylic acids is 1. The quantitative estimate of drug-likeness (QED) is 0.207. The van der Waals surface area contributed by atoms with Gasteiger partial charge in [0.15, 0.2) is 0 Å². The molecule has 0 aliphatic carbocycles. The molecule has 0 aromatic rings. The van der Waals surface area contributed by atoms with Crippen LogP contribution in [0.25, 0.3) is 0 Å². The monoisotopic (exact) mass is 249 g/mol. The number of phosphoric acid groups is 1. The molecule has 10 N–H and O–H groups in total. The van der Waals surface area contributed by atoms with Crippen molar-refractivity contribution in [3.05, 3.63) is 0 Å². The van der Waals surface area contributed by atoms with E-state index in [1.54, 1.807) is 0 Å². The molecule has 0 bridgehead atoms. The second-order valence-electron chi connectivity index (χ2n) is 1.03. The van der Waals surface area contributed by atoms with Crippen molar-refractivity contribution in [2.45, 2.75) is 6.92 Å². The van der Waals surface area contributed by atoms with Gasteiger partial charge in [0.2, 0.25) is 0 Å². The molecule has 0 aliphatic rings. The standard InChI is InChI=1S/C2H4O2.K.H3N.H3O4P.2H2O/c1-2(3)4;;;1-5(2,3)4;;/h1H3,(H,3,4);;1H3;(H3,1,2,3,4);2*1H2/q;+1;;;;/p-1. The van der Waals surface area contributed by atoms with Crippen LogP contribution in [0, 0.1) is 0 Å². The van der Waals surface area contributed by atoms with Crippen LogP contribution < -0.4 is 57.5 Å². The van der Waals surface area contributed by atoms with Gasteiger partial charge in [0.25, 0.3) is 5.97 Å². The van der Waals surface area contributed by atoms with Gasteiger partial charge in [-0.3, -0.25) is 4.79 Å². The molecule has 0 radical (unpaired) electrons. The molecular weight excluding hydrogens is 236 g/mol. The van der Waals surface area contributed by atoms with E-state index in [1.807, 2.05) is 0 Å². The van der Waals surface area contributed by atoms with Crippen molar-refractivity contribution in [2.75, 3.05) is 0 Å². The molecular formula is C2H13KNO8P. The molecule has 9 nitrogen and oxygen atoms in total. The zero-order valence-electron chi connectivity index (χ0n) is 7.21. The van der Waals surface area contributed by atoms with Gasteiger partial charge in [0, 0.05) is 6.92 Å². The maximum Gasteiger partial charge on any atom is 1.00 e. The Morgan fingerprint density at radius 2 is 1.23 bits per heavy atom. The average molecular weight is 249 g/mol. The van der Waals surface area contributed by atoms with Crippen molar-refractivity contribution in [2.24, 2.45) is 0 Å². The summed E-state index contributed by atoms with van der Waals surface area (Å²) in [4.78, 5) is 30.6. The summed E-state index contributed by atoms with van der Waals surface area (Å²) in [6.45, 7) is 1.08. The Morgan fingerprint density at radius 3 is 1.23 bits per heavy atom. The molecule has 0 atom stereocenters. The Labute approximate surface area is 117 Å². The summed E-state index contributed by atoms with van der Waals surface area (Å²) >= 11 is 0. The Morgan fingerprint density at radius 1 is 1.23 bits per heavy atom. The van der Waals surface area contributed by atoms with Crippen LogP contribution in [0.2, 0.25) is 0 Å². The predicted octanol–water partition coefficient (Wildman–Crippen LogP) is -4.67. The summed E-state index contributed by atoms with van der Waals surface area (Å²) < 4.78 is 8.88. The number of hydrogen-bond acceptors (Lipinski definition) is 4. The van der Waals surface area contributed by atoms with Crippen molar-refractivity contribution in [3.8, 4) is 0 Å². The SMILES string of the molecule is CC(=O)O.N.O.O=P(O)(O)O.[K+].[OH-]. The largest absolute Gasteiger partial charge is 1.00 e.